The number of hydrogen-bond donors (Lipinski definition) is 0. The van der Waals surface area contributed by atoms with Gasteiger partial charge in [0.1, 0.15) is 12.0 Å². The average Bonchev–Trinajstić information content (AvgIpc) is 3.56. The number of rotatable bonds is 5. The molecule has 0 saturated heterocycles. The van der Waals surface area contributed by atoms with Crippen molar-refractivity contribution in [3.05, 3.63) is 83.0 Å². The fraction of sp³-hybridized carbons (Fsp3) is 0.269. The third-order valence-corrected chi connectivity index (χ3v) is 6.97. The summed E-state index contributed by atoms with van der Waals surface area (Å²) in [6.45, 7) is 7.03. The molecule has 4 aromatic rings. The molecule has 32 heavy (non-hydrogen) atoms. The molecule has 0 amide bonds. The van der Waals surface area contributed by atoms with Crippen molar-refractivity contribution in [2.24, 2.45) is 0 Å². The molecule has 1 unspecified atom stereocenters. The van der Waals surface area contributed by atoms with Crippen LogP contribution >= 0.6 is 11.3 Å². The zero-order valence-corrected chi connectivity index (χ0v) is 19.2. The van der Waals surface area contributed by atoms with Crippen molar-refractivity contribution in [2.45, 2.75) is 45.6 Å². The van der Waals surface area contributed by atoms with E-state index in [9.17, 15) is 4.79 Å². The van der Waals surface area contributed by atoms with Crippen molar-refractivity contribution in [3.8, 4) is 22.0 Å². The van der Waals surface area contributed by atoms with Crippen molar-refractivity contribution in [1.29, 1.82) is 0 Å². The summed E-state index contributed by atoms with van der Waals surface area (Å²) in [6, 6.07) is 12.0. The topological polar surface area (TPSA) is 60.9 Å². The lowest BCUT2D eigenvalue weighted by Crippen LogP contribution is -2.17. The number of aromatic nitrogens is 3. The maximum absolute atomic E-state index is 12.9. The summed E-state index contributed by atoms with van der Waals surface area (Å²) in [5.41, 5.74) is 4.86. The van der Waals surface area contributed by atoms with Crippen molar-refractivity contribution in [3.63, 3.8) is 0 Å². The van der Waals surface area contributed by atoms with Gasteiger partial charge in [-0.05, 0) is 29.5 Å². The smallest absolute Gasteiger partial charge is 0.197 e. The molecule has 162 valence electrons. The molecule has 3 aromatic heterocycles. The zero-order valence-electron chi connectivity index (χ0n) is 18.4. The van der Waals surface area contributed by atoms with Gasteiger partial charge in [0.25, 0.3) is 0 Å². The Kier molecular flexibility index (Phi) is 5.39. The van der Waals surface area contributed by atoms with E-state index in [0.717, 1.165) is 47.2 Å². The van der Waals surface area contributed by atoms with Crippen LogP contribution < -0.4 is 0 Å². The predicted molar refractivity (Wildman–Crippen MR) is 127 cm³/mol. The number of ketones is 1. The summed E-state index contributed by atoms with van der Waals surface area (Å²) in [7, 11) is 0. The Morgan fingerprint density at radius 2 is 2.06 bits per heavy atom. The van der Waals surface area contributed by atoms with E-state index in [1.54, 1.807) is 17.6 Å². The molecule has 5 rings (SSSR count). The third-order valence-electron chi connectivity index (χ3n) is 6.05. The van der Waals surface area contributed by atoms with Crippen LogP contribution in [-0.4, -0.2) is 20.3 Å². The number of fused-ring (bicyclic) bond motifs is 1. The van der Waals surface area contributed by atoms with Crippen LogP contribution in [0.3, 0.4) is 0 Å². The second kappa shape index (κ2) is 8.36. The van der Waals surface area contributed by atoms with Gasteiger partial charge >= 0.3 is 0 Å². The Balaban J connectivity index is 1.36. The quantitative estimate of drug-likeness (QED) is 0.254. The van der Waals surface area contributed by atoms with Crippen LogP contribution in [0.4, 0.5) is 0 Å². The van der Waals surface area contributed by atoms with Crippen molar-refractivity contribution >= 4 is 17.1 Å². The predicted octanol–water partition coefficient (Wildman–Crippen LogP) is 6.71. The van der Waals surface area contributed by atoms with E-state index in [4.69, 9.17) is 4.42 Å². The molecule has 6 heteroatoms. The Bertz CT molecular complexity index is 1280. The molecule has 0 fully saturated rings. The Hall–Kier alpha value is -3.25. The summed E-state index contributed by atoms with van der Waals surface area (Å²) < 4.78 is 7.80. The lowest BCUT2D eigenvalue weighted by molar-refractivity contribution is 0.104. The SMILES string of the molecule is CC(C)c1nc(-c2ncc3n2CCC(=CC(=O)c2ccc(-c4cccs4)cc2)C3C)co1. The van der Waals surface area contributed by atoms with Crippen molar-refractivity contribution in [2.75, 3.05) is 0 Å². The molecule has 1 atom stereocenters. The van der Waals surface area contributed by atoms with Gasteiger partial charge in [-0.1, -0.05) is 56.7 Å². The summed E-state index contributed by atoms with van der Waals surface area (Å²) in [5, 5.41) is 2.06. The number of carbonyl (C=O) groups is 1. The van der Waals surface area contributed by atoms with Crippen LogP contribution in [0.2, 0.25) is 0 Å². The van der Waals surface area contributed by atoms with Crippen LogP contribution in [0.1, 0.15) is 61.0 Å². The monoisotopic (exact) mass is 443 g/mol. The Labute approximate surface area is 191 Å². The van der Waals surface area contributed by atoms with Gasteiger partial charge in [-0.3, -0.25) is 4.79 Å². The second-order valence-electron chi connectivity index (χ2n) is 8.49. The molecule has 0 bridgehead atoms. The van der Waals surface area contributed by atoms with Crippen molar-refractivity contribution in [1.82, 2.24) is 14.5 Å². The van der Waals surface area contributed by atoms with Gasteiger partial charge < -0.3 is 8.98 Å². The van der Waals surface area contributed by atoms with Crippen LogP contribution in [0.15, 0.2) is 70.3 Å². The number of carbonyl (C=O) groups excluding carboxylic acids is 1. The van der Waals surface area contributed by atoms with Gasteiger partial charge in [0, 0.05) is 40.7 Å². The maximum Gasteiger partial charge on any atom is 0.197 e. The highest BCUT2D eigenvalue weighted by Gasteiger charge is 2.26. The van der Waals surface area contributed by atoms with E-state index in [2.05, 4.69) is 46.8 Å². The summed E-state index contributed by atoms with van der Waals surface area (Å²) in [6.07, 6.45) is 6.21. The minimum atomic E-state index is 0.0517. The molecule has 1 aromatic carbocycles. The van der Waals surface area contributed by atoms with Crippen LogP contribution in [0, 0.1) is 0 Å². The zero-order chi connectivity index (χ0) is 22.2. The number of hydrogen-bond acceptors (Lipinski definition) is 5. The highest BCUT2D eigenvalue weighted by molar-refractivity contribution is 7.13. The summed E-state index contributed by atoms with van der Waals surface area (Å²) in [4.78, 5) is 23.4. The number of allylic oxidation sites excluding steroid dienone is 2. The first-order chi connectivity index (χ1) is 15.5. The highest BCUT2D eigenvalue weighted by Crippen LogP contribution is 2.35. The fourth-order valence-electron chi connectivity index (χ4n) is 4.17. The Morgan fingerprint density at radius 1 is 1.25 bits per heavy atom. The number of nitrogens with zero attached hydrogens (tertiary/aromatic N) is 3. The van der Waals surface area contributed by atoms with Crippen LogP contribution in [0.5, 0.6) is 0 Å². The molecule has 1 aliphatic rings. The van der Waals surface area contributed by atoms with E-state index in [1.807, 2.05) is 42.6 Å². The molecule has 0 radical (unpaired) electrons. The van der Waals surface area contributed by atoms with Gasteiger partial charge in [-0.15, -0.1) is 11.3 Å². The lowest BCUT2D eigenvalue weighted by atomic mass is 9.90. The molecule has 5 nitrogen and oxygen atoms in total. The summed E-state index contributed by atoms with van der Waals surface area (Å²) >= 11 is 1.70. The maximum atomic E-state index is 12.9. The van der Waals surface area contributed by atoms with Gasteiger partial charge in [-0.2, -0.15) is 0 Å². The molecular formula is C26H25N3O2S. The third kappa shape index (κ3) is 3.75. The van der Waals surface area contributed by atoms with E-state index in [-0.39, 0.29) is 17.6 Å². The van der Waals surface area contributed by atoms with E-state index in [0.29, 0.717) is 5.56 Å². The normalized spacial score (nSPS) is 17.1. The molecule has 0 spiro atoms. The first kappa shape index (κ1) is 20.6. The minimum absolute atomic E-state index is 0.0517. The lowest BCUT2D eigenvalue weighted by Gasteiger charge is -2.25. The van der Waals surface area contributed by atoms with E-state index < -0.39 is 0 Å². The highest BCUT2D eigenvalue weighted by atomic mass is 32.1. The fourth-order valence-corrected chi connectivity index (χ4v) is 4.90. The van der Waals surface area contributed by atoms with Crippen LogP contribution in [-0.2, 0) is 6.54 Å². The van der Waals surface area contributed by atoms with E-state index in [1.165, 1.54) is 4.88 Å². The van der Waals surface area contributed by atoms with Crippen molar-refractivity contribution < 1.29 is 9.21 Å². The Morgan fingerprint density at radius 3 is 2.75 bits per heavy atom. The molecule has 0 saturated carbocycles. The first-order valence-corrected chi connectivity index (χ1v) is 11.8. The molecule has 0 N–H and O–H groups in total. The van der Waals surface area contributed by atoms with Gasteiger partial charge in [0.05, 0.1) is 0 Å². The first-order valence-electron chi connectivity index (χ1n) is 10.9. The number of oxazole rings is 1. The van der Waals surface area contributed by atoms with Gasteiger partial charge in [-0.25, -0.2) is 9.97 Å². The number of benzene rings is 1. The molecular weight excluding hydrogens is 418 g/mol. The average molecular weight is 444 g/mol. The molecule has 0 aliphatic carbocycles. The summed E-state index contributed by atoms with van der Waals surface area (Å²) in [5.74, 6) is 1.96. The van der Waals surface area contributed by atoms with Crippen LogP contribution in [0.25, 0.3) is 22.0 Å². The molecule has 1 aliphatic heterocycles. The number of thiophene rings is 1. The largest absolute Gasteiger partial charge is 0.448 e. The van der Waals surface area contributed by atoms with E-state index >= 15 is 0 Å². The van der Waals surface area contributed by atoms with Gasteiger partial charge in [0.2, 0.25) is 0 Å². The number of imidazole rings is 1. The second-order valence-corrected chi connectivity index (χ2v) is 9.44. The van der Waals surface area contributed by atoms with Gasteiger partial charge in [0.15, 0.2) is 17.5 Å². The standard InChI is InChI=1S/C26H25N3O2S/c1-16(2)26-28-21(15-31-26)25-27-14-22-17(3)20(10-11-29(22)25)13-23(30)18-6-8-19(9-7-18)24-5-4-12-32-24/h4-9,12-17H,10-11H2,1-3H3. The molecule has 4 heterocycles. The minimum Gasteiger partial charge on any atom is -0.448 e.